The molecule has 1 saturated carbocycles. The molecule has 1 aliphatic rings. The molecule has 2 aromatic heterocycles. The average molecular weight is 569 g/mol. The van der Waals surface area contributed by atoms with Crippen LogP contribution in [0.1, 0.15) is 73.8 Å². The molecule has 1 aliphatic carbocycles. The summed E-state index contributed by atoms with van der Waals surface area (Å²) in [6.07, 6.45) is 4.92. The highest BCUT2D eigenvalue weighted by Crippen LogP contribution is 2.29. The summed E-state index contributed by atoms with van der Waals surface area (Å²) in [6, 6.07) is 10.4. The highest BCUT2D eigenvalue weighted by atomic mass is 32.2. The maximum atomic E-state index is 13.2. The number of benzene rings is 1. The second-order valence-electron chi connectivity index (χ2n) is 11.1. The first kappa shape index (κ1) is 29.3. The number of carbonyl (C=O) groups excluding carboxylic acids is 2. The number of carbonyl (C=O) groups is 2. The first-order valence-electron chi connectivity index (χ1n) is 13.3. The number of oxazole rings is 1. The lowest BCUT2D eigenvalue weighted by atomic mass is 9.95. The van der Waals surface area contributed by atoms with Crippen LogP contribution in [0.15, 0.2) is 53.2 Å². The van der Waals surface area contributed by atoms with Gasteiger partial charge in [-0.3, -0.25) is 9.78 Å². The van der Waals surface area contributed by atoms with Gasteiger partial charge < -0.3 is 19.8 Å². The van der Waals surface area contributed by atoms with Crippen LogP contribution in [0, 0.1) is 6.92 Å². The summed E-state index contributed by atoms with van der Waals surface area (Å²) in [4.78, 5) is 33.0. The molecular formula is C29H36N4O6S. The molecule has 2 N–H and O–H groups in total. The third-order valence-electron chi connectivity index (χ3n) is 6.70. The first-order chi connectivity index (χ1) is 18.9. The van der Waals surface area contributed by atoms with Crippen LogP contribution in [0.3, 0.4) is 0 Å². The van der Waals surface area contributed by atoms with E-state index in [9.17, 15) is 18.0 Å². The lowest BCUT2D eigenvalue weighted by Gasteiger charge is -2.29. The number of aryl methyl sites for hydroxylation is 1. The van der Waals surface area contributed by atoms with Gasteiger partial charge in [-0.25, -0.2) is 18.2 Å². The Kier molecular flexibility index (Phi) is 8.92. The predicted octanol–water partition coefficient (Wildman–Crippen LogP) is 4.73. The minimum Gasteiger partial charge on any atom is -0.444 e. The quantitative estimate of drug-likeness (QED) is 0.398. The molecule has 1 fully saturated rings. The van der Waals surface area contributed by atoms with Crippen molar-refractivity contribution in [1.82, 2.24) is 20.6 Å². The van der Waals surface area contributed by atoms with Crippen LogP contribution in [0.4, 0.5) is 4.79 Å². The summed E-state index contributed by atoms with van der Waals surface area (Å²) in [7, 11) is -3.48. The molecular weight excluding hydrogens is 532 g/mol. The third kappa shape index (κ3) is 7.91. The summed E-state index contributed by atoms with van der Waals surface area (Å²) in [5.41, 5.74) is 1.81. The van der Waals surface area contributed by atoms with E-state index in [0.29, 0.717) is 60.7 Å². The number of amides is 2. The van der Waals surface area contributed by atoms with E-state index >= 15 is 0 Å². The number of alkyl carbamates (subject to hydrolysis) is 1. The van der Waals surface area contributed by atoms with E-state index < -0.39 is 26.8 Å². The molecule has 0 spiro atoms. The maximum Gasteiger partial charge on any atom is 0.407 e. The summed E-state index contributed by atoms with van der Waals surface area (Å²) in [6.45, 7) is 7.46. The number of nitrogens with one attached hydrogen (secondary N) is 2. The topological polar surface area (TPSA) is 140 Å². The van der Waals surface area contributed by atoms with Crippen molar-refractivity contribution in [2.24, 2.45) is 0 Å². The van der Waals surface area contributed by atoms with E-state index in [1.807, 2.05) is 12.1 Å². The van der Waals surface area contributed by atoms with Crippen molar-refractivity contribution in [2.45, 2.75) is 82.6 Å². The first-order valence-corrected chi connectivity index (χ1v) is 15.1. The summed E-state index contributed by atoms with van der Waals surface area (Å²) >= 11 is 0. The van der Waals surface area contributed by atoms with Crippen molar-refractivity contribution in [3.05, 3.63) is 71.4 Å². The van der Waals surface area contributed by atoms with E-state index in [1.165, 1.54) is 0 Å². The van der Waals surface area contributed by atoms with Gasteiger partial charge in [0.2, 0.25) is 5.89 Å². The Morgan fingerprint density at radius 1 is 1.07 bits per heavy atom. The highest BCUT2D eigenvalue weighted by Gasteiger charge is 2.33. The van der Waals surface area contributed by atoms with Gasteiger partial charge in [-0.15, -0.1) is 0 Å². The standard InChI is InChI=1S/C29H36N4O6S/c1-19-25(18-40(36,37)24-13-11-23(12-14-24)32-28(35)39-29(2,3)4)33-27(38-19)22-9-7-21(8-10-22)26(34)31-17-20-6-5-15-30-16-20/h5-10,15-16,23-24H,11-14,17-18H2,1-4H3,(H,31,34)(H,32,35). The van der Waals surface area contributed by atoms with Gasteiger partial charge in [0, 0.05) is 36.1 Å². The van der Waals surface area contributed by atoms with Crippen molar-refractivity contribution in [3.8, 4) is 11.5 Å². The van der Waals surface area contributed by atoms with Gasteiger partial charge in [0.1, 0.15) is 11.4 Å². The Balaban J connectivity index is 1.33. The van der Waals surface area contributed by atoms with Gasteiger partial charge in [-0.1, -0.05) is 6.07 Å². The number of ether oxygens (including phenoxy) is 1. The fourth-order valence-corrected chi connectivity index (χ4v) is 6.46. The zero-order chi connectivity index (χ0) is 28.9. The van der Waals surface area contributed by atoms with Crippen molar-refractivity contribution < 1.29 is 27.2 Å². The zero-order valence-corrected chi connectivity index (χ0v) is 24.1. The second-order valence-corrected chi connectivity index (χ2v) is 13.4. The van der Waals surface area contributed by atoms with Gasteiger partial charge in [0.05, 0.1) is 16.7 Å². The average Bonchev–Trinajstić information content (AvgIpc) is 3.26. The summed E-state index contributed by atoms with van der Waals surface area (Å²) in [5, 5.41) is 5.19. The van der Waals surface area contributed by atoms with Crippen molar-refractivity contribution >= 4 is 21.8 Å². The molecule has 0 aliphatic heterocycles. The SMILES string of the molecule is Cc1oc(-c2ccc(C(=O)NCc3cccnc3)cc2)nc1CS(=O)(=O)C1CCC(NC(=O)OC(C)(C)C)CC1. The fraction of sp³-hybridized carbons (Fsp3) is 0.448. The van der Waals surface area contributed by atoms with Crippen LogP contribution >= 0.6 is 0 Å². The van der Waals surface area contributed by atoms with E-state index in [1.54, 1.807) is 64.4 Å². The maximum absolute atomic E-state index is 13.2. The minimum absolute atomic E-state index is 0.109. The second kappa shape index (κ2) is 12.2. The Bertz CT molecular complexity index is 1420. The molecule has 0 bridgehead atoms. The minimum atomic E-state index is -3.48. The largest absolute Gasteiger partial charge is 0.444 e. The van der Waals surface area contributed by atoms with Gasteiger partial charge in [-0.05, 0) is 89.3 Å². The van der Waals surface area contributed by atoms with Crippen LogP contribution in [0.25, 0.3) is 11.5 Å². The van der Waals surface area contributed by atoms with Crippen LogP contribution in [0.2, 0.25) is 0 Å². The molecule has 10 nitrogen and oxygen atoms in total. The molecule has 0 saturated heterocycles. The molecule has 2 amide bonds. The fourth-order valence-electron chi connectivity index (χ4n) is 4.59. The van der Waals surface area contributed by atoms with Crippen LogP contribution in [-0.2, 0) is 26.9 Å². The Labute approximate surface area is 234 Å². The van der Waals surface area contributed by atoms with Crippen LogP contribution < -0.4 is 10.6 Å². The van der Waals surface area contributed by atoms with Gasteiger partial charge in [-0.2, -0.15) is 0 Å². The Morgan fingerprint density at radius 2 is 1.77 bits per heavy atom. The monoisotopic (exact) mass is 568 g/mol. The van der Waals surface area contributed by atoms with E-state index in [2.05, 4.69) is 20.6 Å². The molecule has 11 heteroatoms. The number of aromatic nitrogens is 2. The molecule has 1 aromatic carbocycles. The number of pyridine rings is 1. The Hall–Kier alpha value is -3.73. The molecule has 2 heterocycles. The lowest BCUT2D eigenvalue weighted by molar-refractivity contribution is 0.0493. The van der Waals surface area contributed by atoms with E-state index in [4.69, 9.17) is 9.15 Å². The normalized spacial score (nSPS) is 17.7. The van der Waals surface area contributed by atoms with Crippen LogP contribution in [-0.4, -0.2) is 47.3 Å². The van der Waals surface area contributed by atoms with Gasteiger partial charge in [0.25, 0.3) is 5.91 Å². The summed E-state index contributed by atoms with van der Waals surface area (Å²) < 4.78 is 37.5. The van der Waals surface area contributed by atoms with Crippen molar-refractivity contribution in [1.29, 1.82) is 0 Å². The number of rotatable bonds is 8. The molecule has 0 unspecified atom stereocenters. The van der Waals surface area contributed by atoms with E-state index in [-0.39, 0.29) is 17.7 Å². The third-order valence-corrected chi connectivity index (χ3v) is 8.87. The molecule has 0 radical (unpaired) electrons. The van der Waals surface area contributed by atoms with Gasteiger partial charge >= 0.3 is 6.09 Å². The van der Waals surface area contributed by atoms with Crippen LogP contribution in [0.5, 0.6) is 0 Å². The van der Waals surface area contributed by atoms with Gasteiger partial charge in [0.15, 0.2) is 9.84 Å². The van der Waals surface area contributed by atoms with E-state index in [0.717, 1.165) is 5.56 Å². The predicted molar refractivity (Wildman–Crippen MR) is 150 cm³/mol. The molecule has 3 aromatic rings. The molecule has 40 heavy (non-hydrogen) atoms. The Morgan fingerprint density at radius 3 is 2.40 bits per heavy atom. The smallest absolute Gasteiger partial charge is 0.407 e. The molecule has 214 valence electrons. The van der Waals surface area contributed by atoms with Crippen molar-refractivity contribution in [2.75, 3.05) is 0 Å². The number of hydrogen-bond acceptors (Lipinski definition) is 8. The lowest BCUT2D eigenvalue weighted by Crippen LogP contribution is -2.42. The highest BCUT2D eigenvalue weighted by molar-refractivity contribution is 7.91. The molecule has 0 atom stereocenters. The number of nitrogens with zero attached hydrogens (tertiary/aromatic N) is 2. The zero-order valence-electron chi connectivity index (χ0n) is 23.3. The number of sulfone groups is 1. The molecule has 4 rings (SSSR count). The summed E-state index contributed by atoms with van der Waals surface area (Å²) in [5.74, 6) is 0.306. The number of hydrogen-bond donors (Lipinski definition) is 2. The van der Waals surface area contributed by atoms with Crippen molar-refractivity contribution in [3.63, 3.8) is 0 Å².